The van der Waals surface area contributed by atoms with Gasteiger partial charge in [0.2, 0.25) is 17.5 Å². The maximum absolute atomic E-state index is 12.5. The van der Waals surface area contributed by atoms with Crippen LogP contribution in [-0.4, -0.2) is 42.9 Å². The third-order valence-electron chi connectivity index (χ3n) is 4.65. The van der Waals surface area contributed by atoms with Crippen LogP contribution >= 0.6 is 11.3 Å². The quantitative estimate of drug-likeness (QED) is 0.518. The molecule has 158 valence electrons. The molecule has 0 aliphatic carbocycles. The van der Waals surface area contributed by atoms with Gasteiger partial charge in [0.25, 0.3) is 5.91 Å². The zero-order chi connectivity index (χ0) is 20.8. The minimum atomic E-state index is -0.164. The molecule has 0 unspecified atom stereocenters. The number of methoxy groups -OCH3 is 1. The lowest BCUT2D eigenvalue weighted by Crippen LogP contribution is -2.25. The number of aryl methyl sites for hydroxylation is 1. The number of thiophene rings is 1. The summed E-state index contributed by atoms with van der Waals surface area (Å²) in [6.45, 7) is 1.50. The average molecular weight is 429 g/mol. The SMILES string of the molecule is COc1cc(C(=O)NCCCCCc2nc(-c3cccs3)no2)cc2c1OCCO2. The molecule has 0 radical (unpaired) electrons. The van der Waals surface area contributed by atoms with Crippen molar-refractivity contribution in [1.82, 2.24) is 15.5 Å². The molecule has 1 amide bonds. The second-order valence-corrected chi connectivity index (χ2v) is 7.71. The maximum atomic E-state index is 12.5. The fraction of sp³-hybridized carbons (Fsp3) is 0.381. The molecule has 0 saturated carbocycles. The topological polar surface area (TPSA) is 95.7 Å². The number of hydrogen-bond donors (Lipinski definition) is 1. The van der Waals surface area contributed by atoms with Gasteiger partial charge in [0.1, 0.15) is 13.2 Å². The average Bonchev–Trinajstić information content (AvgIpc) is 3.47. The van der Waals surface area contributed by atoms with Gasteiger partial charge in [-0.05, 0) is 36.4 Å². The molecule has 3 aromatic rings. The third-order valence-corrected chi connectivity index (χ3v) is 5.52. The van der Waals surface area contributed by atoms with Crippen molar-refractivity contribution < 1.29 is 23.5 Å². The van der Waals surface area contributed by atoms with Gasteiger partial charge in [-0.15, -0.1) is 11.3 Å². The molecule has 1 N–H and O–H groups in total. The Kier molecular flexibility index (Phi) is 6.48. The van der Waals surface area contributed by atoms with E-state index in [2.05, 4.69) is 15.5 Å². The van der Waals surface area contributed by atoms with Crippen molar-refractivity contribution in [2.75, 3.05) is 26.9 Å². The fourth-order valence-electron chi connectivity index (χ4n) is 3.15. The van der Waals surface area contributed by atoms with E-state index in [9.17, 15) is 4.79 Å². The summed E-state index contributed by atoms with van der Waals surface area (Å²) in [5, 5.41) is 8.94. The summed E-state index contributed by atoms with van der Waals surface area (Å²) < 4.78 is 21.8. The molecule has 2 aromatic heterocycles. The summed E-state index contributed by atoms with van der Waals surface area (Å²) in [5.41, 5.74) is 0.489. The van der Waals surface area contributed by atoms with Gasteiger partial charge in [0.05, 0.1) is 12.0 Å². The predicted molar refractivity (Wildman–Crippen MR) is 111 cm³/mol. The number of amides is 1. The lowest BCUT2D eigenvalue weighted by molar-refractivity contribution is 0.0951. The molecule has 8 nitrogen and oxygen atoms in total. The summed E-state index contributed by atoms with van der Waals surface area (Å²) in [4.78, 5) is 17.9. The molecule has 0 saturated heterocycles. The van der Waals surface area contributed by atoms with E-state index >= 15 is 0 Å². The fourth-order valence-corrected chi connectivity index (χ4v) is 3.80. The molecule has 3 heterocycles. The first kappa shape index (κ1) is 20.2. The van der Waals surface area contributed by atoms with Crippen LogP contribution in [0.5, 0.6) is 17.2 Å². The Morgan fingerprint density at radius 2 is 2.13 bits per heavy atom. The van der Waals surface area contributed by atoms with E-state index in [1.807, 2.05) is 17.5 Å². The molecule has 4 rings (SSSR count). The van der Waals surface area contributed by atoms with Crippen LogP contribution in [-0.2, 0) is 6.42 Å². The molecule has 0 bridgehead atoms. The predicted octanol–water partition coefficient (Wildman–Crippen LogP) is 3.72. The number of fused-ring (bicyclic) bond motifs is 1. The number of nitrogens with one attached hydrogen (secondary N) is 1. The van der Waals surface area contributed by atoms with Crippen molar-refractivity contribution in [3.05, 3.63) is 41.1 Å². The van der Waals surface area contributed by atoms with Gasteiger partial charge in [0, 0.05) is 18.5 Å². The van der Waals surface area contributed by atoms with Crippen LogP contribution in [0.1, 0.15) is 35.5 Å². The molecule has 0 atom stereocenters. The van der Waals surface area contributed by atoms with Crippen molar-refractivity contribution in [1.29, 1.82) is 0 Å². The van der Waals surface area contributed by atoms with Crippen LogP contribution in [0, 0.1) is 0 Å². The first-order valence-corrected chi connectivity index (χ1v) is 10.7. The van der Waals surface area contributed by atoms with E-state index in [1.165, 1.54) is 0 Å². The van der Waals surface area contributed by atoms with E-state index in [0.29, 0.717) is 54.3 Å². The lowest BCUT2D eigenvalue weighted by Gasteiger charge is -2.21. The molecule has 9 heteroatoms. The summed E-state index contributed by atoms with van der Waals surface area (Å²) in [7, 11) is 1.54. The molecule has 1 aliphatic rings. The number of rotatable bonds is 9. The first-order valence-electron chi connectivity index (χ1n) is 9.87. The number of benzene rings is 1. The van der Waals surface area contributed by atoms with Gasteiger partial charge in [-0.1, -0.05) is 17.6 Å². The van der Waals surface area contributed by atoms with Crippen molar-refractivity contribution in [2.24, 2.45) is 0 Å². The van der Waals surface area contributed by atoms with Gasteiger partial charge in [-0.2, -0.15) is 4.98 Å². The molecule has 1 aliphatic heterocycles. The highest BCUT2D eigenvalue weighted by atomic mass is 32.1. The zero-order valence-electron chi connectivity index (χ0n) is 16.7. The third kappa shape index (κ3) is 4.73. The highest BCUT2D eigenvalue weighted by Gasteiger charge is 2.20. The molecular formula is C21H23N3O5S. The van der Waals surface area contributed by atoms with E-state index in [0.717, 1.165) is 30.6 Å². The molecule has 0 fully saturated rings. The number of unbranched alkanes of at least 4 members (excludes halogenated alkanes) is 2. The molecule has 1 aromatic carbocycles. The maximum Gasteiger partial charge on any atom is 0.251 e. The summed E-state index contributed by atoms with van der Waals surface area (Å²) in [6.07, 6.45) is 3.45. The van der Waals surface area contributed by atoms with E-state index in [4.69, 9.17) is 18.7 Å². The van der Waals surface area contributed by atoms with Crippen LogP contribution in [0.25, 0.3) is 10.7 Å². The molecular weight excluding hydrogens is 406 g/mol. The number of nitrogens with zero attached hydrogens (tertiary/aromatic N) is 2. The number of ether oxygens (including phenoxy) is 3. The second-order valence-electron chi connectivity index (χ2n) is 6.76. The second kappa shape index (κ2) is 9.62. The minimum absolute atomic E-state index is 0.164. The highest BCUT2D eigenvalue weighted by molar-refractivity contribution is 7.13. The van der Waals surface area contributed by atoms with E-state index in [-0.39, 0.29) is 5.91 Å². The van der Waals surface area contributed by atoms with E-state index < -0.39 is 0 Å². The van der Waals surface area contributed by atoms with Crippen molar-refractivity contribution in [3.8, 4) is 28.0 Å². The van der Waals surface area contributed by atoms with Gasteiger partial charge in [-0.25, -0.2) is 0 Å². The van der Waals surface area contributed by atoms with Gasteiger partial charge in [0.15, 0.2) is 11.5 Å². The monoisotopic (exact) mass is 429 g/mol. The Morgan fingerprint density at radius 1 is 1.23 bits per heavy atom. The summed E-state index contributed by atoms with van der Waals surface area (Å²) in [6, 6.07) is 7.29. The Bertz CT molecular complexity index is 969. The normalized spacial score (nSPS) is 12.6. The number of hydrogen-bond acceptors (Lipinski definition) is 8. The lowest BCUT2D eigenvalue weighted by atomic mass is 10.1. The van der Waals surface area contributed by atoms with E-state index in [1.54, 1.807) is 30.6 Å². The largest absolute Gasteiger partial charge is 0.493 e. The number of carbonyl (C=O) groups is 1. The number of carbonyl (C=O) groups excluding carboxylic acids is 1. The van der Waals surface area contributed by atoms with Gasteiger partial charge in [-0.3, -0.25) is 4.79 Å². The van der Waals surface area contributed by atoms with Crippen LogP contribution in [0.3, 0.4) is 0 Å². The van der Waals surface area contributed by atoms with Gasteiger partial charge >= 0.3 is 0 Å². The Balaban J connectivity index is 1.20. The van der Waals surface area contributed by atoms with Crippen LogP contribution < -0.4 is 19.5 Å². The Hall–Kier alpha value is -3.07. The Labute approximate surface area is 178 Å². The van der Waals surface area contributed by atoms with Crippen molar-refractivity contribution in [3.63, 3.8) is 0 Å². The first-order chi connectivity index (χ1) is 14.7. The van der Waals surface area contributed by atoms with Crippen LogP contribution in [0.4, 0.5) is 0 Å². The smallest absolute Gasteiger partial charge is 0.251 e. The standard InChI is InChI=1S/C21H23N3O5S/c1-26-15-12-14(13-16-19(15)28-10-9-27-16)21(25)22-8-4-2-3-7-18-23-20(24-29-18)17-6-5-11-30-17/h5-6,11-13H,2-4,7-10H2,1H3,(H,22,25). The number of aromatic nitrogens is 2. The zero-order valence-corrected chi connectivity index (χ0v) is 17.5. The Morgan fingerprint density at radius 3 is 2.97 bits per heavy atom. The van der Waals surface area contributed by atoms with Crippen molar-refractivity contribution in [2.45, 2.75) is 25.7 Å². The minimum Gasteiger partial charge on any atom is -0.493 e. The summed E-state index contributed by atoms with van der Waals surface area (Å²) in [5.74, 6) is 2.70. The highest BCUT2D eigenvalue weighted by Crippen LogP contribution is 2.40. The van der Waals surface area contributed by atoms with Crippen LogP contribution in [0.15, 0.2) is 34.2 Å². The summed E-state index contributed by atoms with van der Waals surface area (Å²) >= 11 is 1.59. The molecule has 30 heavy (non-hydrogen) atoms. The van der Waals surface area contributed by atoms with Gasteiger partial charge < -0.3 is 24.1 Å². The van der Waals surface area contributed by atoms with Crippen molar-refractivity contribution >= 4 is 17.2 Å². The molecule has 0 spiro atoms. The van der Waals surface area contributed by atoms with Crippen LogP contribution in [0.2, 0.25) is 0 Å².